The highest BCUT2D eigenvalue weighted by molar-refractivity contribution is 5.87. The summed E-state index contributed by atoms with van der Waals surface area (Å²) >= 11 is 0. The number of nitrogens with one attached hydrogen (secondary N) is 1. The van der Waals surface area contributed by atoms with E-state index >= 15 is 0 Å². The molecule has 2 atom stereocenters. The van der Waals surface area contributed by atoms with Crippen LogP contribution in [0.25, 0.3) is 17.0 Å². The molecule has 1 saturated heterocycles. The standard InChI is InChI=1S/C27H30N4O5/c1-4-34-20-12-10-18(11-13-20)25-29-26(36-30-25)23-17(2)31(16-22-9-6-14-35-22)27(32)28-24(23)19-7-5-8-21(15-19)33-3/h5,7-8,10-13,15,22,24H,4,6,9,14,16H2,1-3H3,(H,28,32). The number of methoxy groups -OCH3 is 1. The molecule has 36 heavy (non-hydrogen) atoms. The molecule has 1 fully saturated rings. The number of carbonyl (C=O) groups excluding carboxylic acids is 1. The van der Waals surface area contributed by atoms with E-state index in [-0.39, 0.29) is 12.1 Å². The SMILES string of the molecule is CCOc1ccc(-c2noc(C3=C(C)N(CC4CCCO4)C(=O)NC3c3cccc(OC)c3)n2)cc1. The van der Waals surface area contributed by atoms with Crippen LogP contribution in [0.3, 0.4) is 0 Å². The van der Waals surface area contributed by atoms with Gasteiger partial charge in [-0.1, -0.05) is 17.3 Å². The summed E-state index contributed by atoms with van der Waals surface area (Å²) in [6.45, 7) is 5.64. The Morgan fingerprint density at radius 2 is 2.00 bits per heavy atom. The van der Waals surface area contributed by atoms with Crippen molar-refractivity contribution in [1.29, 1.82) is 0 Å². The second-order valence-corrected chi connectivity index (χ2v) is 8.78. The maximum atomic E-state index is 13.2. The molecule has 0 bridgehead atoms. The van der Waals surface area contributed by atoms with E-state index in [2.05, 4.69) is 10.5 Å². The van der Waals surface area contributed by atoms with Crippen molar-refractivity contribution in [1.82, 2.24) is 20.4 Å². The average Bonchev–Trinajstić information content (AvgIpc) is 3.59. The highest BCUT2D eigenvalue weighted by atomic mass is 16.5. The maximum Gasteiger partial charge on any atom is 0.322 e. The molecular weight excluding hydrogens is 460 g/mol. The number of urea groups is 1. The lowest BCUT2D eigenvalue weighted by Gasteiger charge is -2.36. The van der Waals surface area contributed by atoms with Crippen LogP contribution in [0.2, 0.25) is 0 Å². The number of hydrogen-bond acceptors (Lipinski definition) is 7. The van der Waals surface area contributed by atoms with E-state index in [1.807, 2.05) is 62.4 Å². The number of ether oxygens (including phenoxy) is 3. The molecule has 1 N–H and O–H groups in total. The van der Waals surface area contributed by atoms with E-state index in [0.717, 1.165) is 47.6 Å². The first-order chi connectivity index (χ1) is 17.6. The summed E-state index contributed by atoms with van der Waals surface area (Å²) in [6.07, 6.45) is 1.92. The number of nitrogens with zero attached hydrogens (tertiary/aromatic N) is 3. The molecule has 1 aromatic heterocycles. The largest absolute Gasteiger partial charge is 0.497 e. The van der Waals surface area contributed by atoms with Crippen LogP contribution in [-0.2, 0) is 4.74 Å². The fourth-order valence-corrected chi connectivity index (χ4v) is 4.66. The minimum Gasteiger partial charge on any atom is -0.497 e. The lowest BCUT2D eigenvalue weighted by atomic mass is 9.94. The van der Waals surface area contributed by atoms with Gasteiger partial charge in [0, 0.05) is 17.9 Å². The fraction of sp³-hybridized carbons (Fsp3) is 0.370. The molecule has 3 heterocycles. The lowest BCUT2D eigenvalue weighted by Crippen LogP contribution is -2.48. The minimum absolute atomic E-state index is 0.00224. The molecule has 2 unspecified atom stereocenters. The summed E-state index contributed by atoms with van der Waals surface area (Å²) in [5.41, 5.74) is 3.16. The van der Waals surface area contributed by atoms with Gasteiger partial charge >= 0.3 is 6.03 Å². The Labute approximate surface area is 210 Å². The second-order valence-electron chi connectivity index (χ2n) is 8.78. The summed E-state index contributed by atoms with van der Waals surface area (Å²) in [6, 6.07) is 14.5. The predicted octanol–water partition coefficient (Wildman–Crippen LogP) is 4.82. The average molecular weight is 491 g/mol. The zero-order valence-electron chi connectivity index (χ0n) is 20.7. The van der Waals surface area contributed by atoms with Gasteiger partial charge < -0.3 is 24.1 Å². The van der Waals surface area contributed by atoms with E-state index in [1.165, 1.54) is 0 Å². The van der Waals surface area contributed by atoms with Crippen LogP contribution in [0, 0.1) is 0 Å². The Morgan fingerprint density at radius 3 is 2.72 bits per heavy atom. The van der Waals surface area contributed by atoms with E-state index in [1.54, 1.807) is 12.0 Å². The topological polar surface area (TPSA) is 99.0 Å². The van der Waals surface area contributed by atoms with Crippen molar-refractivity contribution < 1.29 is 23.5 Å². The van der Waals surface area contributed by atoms with Crippen molar-refractivity contribution >= 4 is 11.6 Å². The first kappa shape index (κ1) is 23.9. The number of benzene rings is 2. The molecule has 2 aliphatic heterocycles. The Balaban J connectivity index is 1.54. The van der Waals surface area contributed by atoms with Gasteiger partial charge in [0.1, 0.15) is 11.5 Å². The van der Waals surface area contributed by atoms with Gasteiger partial charge in [-0.2, -0.15) is 4.98 Å². The number of rotatable bonds is 8. The molecule has 2 aromatic carbocycles. The summed E-state index contributed by atoms with van der Waals surface area (Å²) in [7, 11) is 1.62. The van der Waals surface area contributed by atoms with Gasteiger partial charge in [0.25, 0.3) is 5.89 Å². The predicted molar refractivity (Wildman–Crippen MR) is 133 cm³/mol. The molecule has 9 nitrogen and oxygen atoms in total. The number of amides is 2. The smallest absolute Gasteiger partial charge is 0.322 e. The van der Waals surface area contributed by atoms with Crippen molar-refractivity contribution in [2.24, 2.45) is 0 Å². The van der Waals surface area contributed by atoms with Gasteiger partial charge in [-0.3, -0.25) is 4.90 Å². The van der Waals surface area contributed by atoms with Crippen molar-refractivity contribution in [2.75, 3.05) is 26.9 Å². The molecular formula is C27H30N4O5. The maximum absolute atomic E-state index is 13.2. The monoisotopic (exact) mass is 490 g/mol. The third-order valence-electron chi connectivity index (χ3n) is 6.51. The molecule has 9 heteroatoms. The van der Waals surface area contributed by atoms with Crippen molar-refractivity contribution in [3.05, 3.63) is 65.7 Å². The van der Waals surface area contributed by atoms with Crippen LogP contribution in [0.1, 0.15) is 44.2 Å². The van der Waals surface area contributed by atoms with Gasteiger partial charge in [-0.05, 0) is 68.7 Å². The highest BCUT2D eigenvalue weighted by Crippen LogP contribution is 2.38. The Kier molecular flexibility index (Phi) is 6.90. The van der Waals surface area contributed by atoms with Gasteiger partial charge in [-0.25, -0.2) is 4.79 Å². The van der Waals surface area contributed by atoms with Crippen LogP contribution in [0.15, 0.2) is 58.8 Å². The zero-order valence-corrected chi connectivity index (χ0v) is 20.7. The van der Waals surface area contributed by atoms with Crippen molar-refractivity contribution in [2.45, 2.75) is 38.8 Å². The quantitative estimate of drug-likeness (QED) is 0.483. The zero-order chi connectivity index (χ0) is 25.1. The number of allylic oxidation sites excluding steroid dienone is 1. The molecule has 3 aromatic rings. The van der Waals surface area contributed by atoms with E-state index in [0.29, 0.717) is 30.6 Å². The second kappa shape index (κ2) is 10.4. The number of aromatic nitrogens is 2. The molecule has 188 valence electrons. The first-order valence-corrected chi connectivity index (χ1v) is 12.2. The minimum atomic E-state index is -0.484. The molecule has 5 rings (SSSR count). The van der Waals surface area contributed by atoms with Crippen LogP contribution in [0.5, 0.6) is 11.5 Å². The van der Waals surface area contributed by atoms with E-state index in [9.17, 15) is 4.79 Å². The first-order valence-electron chi connectivity index (χ1n) is 12.2. The molecule has 0 radical (unpaired) electrons. The summed E-state index contributed by atoms with van der Waals surface area (Å²) in [4.78, 5) is 19.7. The molecule has 2 amide bonds. The lowest BCUT2D eigenvalue weighted by molar-refractivity contribution is 0.0877. The van der Waals surface area contributed by atoms with Gasteiger partial charge in [0.2, 0.25) is 5.82 Å². The van der Waals surface area contributed by atoms with Crippen molar-refractivity contribution in [3.63, 3.8) is 0 Å². The summed E-state index contributed by atoms with van der Waals surface area (Å²) in [5, 5.41) is 7.37. The Bertz CT molecular complexity index is 1250. The van der Waals surface area contributed by atoms with Crippen LogP contribution in [0.4, 0.5) is 4.79 Å². The normalized spacial score (nSPS) is 20.0. The molecule has 0 aliphatic carbocycles. The summed E-state index contributed by atoms with van der Waals surface area (Å²) < 4.78 is 22.5. The van der Waals surface area contributed by atoms with Gasteiger partial charge in [-0.15, -0.1) is 0 Å². The fourth-order valence-electron chi connectivity index (χ4n) is 4.66. The van der Waals surface area contributed by atoms with Gasteiger partial charge in [0.05, 0.1) is 38.0 Å². The Hall–Kier alpha value is -3.85. The molecule has 0 saturated carbocycles. The third-order valence-corrected chi connectivity index (χ3v) is 6.51. The molecule has 2 aliphatic rings. The van der Waals surface area contributed by atoms with E-state index < -0.39 is 6.04 Å². The number of carbonyl (C=O) groups is 1. The van der Waals surface area contributed by atoms with Crippen molar-refractivity contribution in [3.8, 4) is 22.9 Å². The third kappa shape index (κ3) is 4.79. The number of hydrogen-bond donors (Lipinski definition) is 1. The molecule has 0 spiro atoms. The van der Waals surface area contributed by atoms with Crippen LogP contribution >= 0.6 is 0 Å². The van der Waals surface area contributed by atoms with Crippen LogP contribution < -0.4 is 14.8 Å². The Morgan fingerprint density at radius 1 is 1.17 bits per heavy atom. The highest BCUT2D eigenvalue weighted by Gasteiger charge is 2.37. The van der Waals surface area contributed by atoms with Gasteiger partial charge in [0.15, 0.2) is 0 Å². The van der Waals surface area contributed by atoms with E-state index in [4.69, 9.17) is 23.7 Å². The summed E-state index contributed by atoms with van der Waals surface area (Å²) in [5.74, 6) is 2.28. The van der Waals surface area contributed by atoms with Crippen LogP contribution in [-0.4, -0.2) is 54.0 Å².